The fourth-order valence-electron chi connectivity index (χ4n) is 2.76. The number of hydrogen-bond donors (Lipinski definition) is 2. The highest BCUT2D eigenvalue weighted by molar-refractivity contribution is 5.91. The van der Waals surface area contributed by atoms with E-state index in [1.54, 1.807) is 0 Å². The first-order valence-corrected chi connectivity index (χ1v) is 7.43. The van der Waals surface area contributed by atoms with Crippen LogP contribution in [0.2, 0.25) is 0 Å². The first-order chi connectivity index (χ1) is 9.61. The first-order valence-electron chi connectivity index (χ1n) is 7.43. The Labute approximate surface area is 120 Å². The van der Waals surface area contributed by atoms with E-state index in [1.807, 2.05) is 31.2 Å². The van der Waals surface area contributed by atoms with Gasteiger partial charge in [-0.15, -0.1) is 0 Å². The van der Waals surface area contributed by atoms with E-state index < -0.39 is 0 Å². The lowest BCUT2D eigenvalue weighted by Crippen LogP contribution is -2.44. The zero-order valence-corrected chi connectivity index (χ0v) is 12.2. The van der Waals surface area contributed by atoms with Gasteiger partial charge >= 0.3 is 0 Å². The van der Waals surface area contributed by atoms with E-state index in [0.717, 1.165) is 37.1 Å². The number of nitrogens with one attached hydrogen (secondary N) is 1. The summed E-state index contributed by atoms with van der Waals surface area (Å²) in [5.41, 5.74) is 6.77. The van der Waals surface area contributed by atoms with Gasteiger partial charge in [-0.1, -0.05) is 19.3 Å². The van der Waals surface area contributed by atoms with Crippen molar-refractivity contribution in [3.63, 3.8) is 0 Å². The molecule has 3 N–H and O–H groups in total. The molecule has 1 aliphatic rings. The monoisotopic (exact) mass is 276 g/mol. The Kier molecular flexibility index (Phi) is 5.01. The molecule has 1 aromatic carbocycles. The zero-order chi connectivity index (χ0) is 14.4. The van der Waals surface area contributed by atoms with Crippen LogP contribution in [0, 0.1) is 0 Å². The highest BCUT2D eigenvalue weighted by Crippen LogP contribution is 2.29. The summed E-state index contributed by atoms with van der Waals surface area (Å²) >= 11 is 0. The number of nitrogens with two attached hydrogens (primary N) is 1. The van der Waals surface area contributed by atoms with Gasteiger partial charge < -0.3 is 15.8 Å². The molecule has 0 unspecified atom stereocenters. The van der Waals surface area contributed by atoms with Crippen molar-refractivity contribution in [3.8, 4) is 5.75 Å². The molecule has 110 valence electrons. The predicted molar refractivity (Wildman–Crippen MR) is 80.9 cm³/mol. The molecular formula is C16H24N2O2. The molecule has 0 atom stereocenters. The summed E-state index contributed by atoms with van der Waals surface area (Å²) in [6, 6.07) is 7.43. The van der Waals surface area contributed by atoms with Crippen LogP contribution >= 0.6 is 0 Å². The van der Waals surface area contributed by atoms with E-state index in [4.69, 9.17) is 10.5 Å². The van der Waals surface area contributed by atoms with E-state index in [2.05, 4.69) is 5.32 Å². The number of ether oxygens (including phenoxy) is 1. The minimum absolute atomic E-state index is 0.00133. The quantitative estimate of drug-likeness (QED) is 0.868. The fraction of sp³-hybridized carbons (Fsp3) is 0.562. The molecular weight excluding hydrogens is 252 g/mol. The van der Waals surface area contributed by atoms with Gasteiger partial charge in [0, 0.05) is 17.6 Å². The normalized spacial score (nSPS) is 17.5. The van der Waals surface area contributed by atoms with Crippen molar-refractivity contribution < 1.29 is 9.53 Å². The second-order valence-electron chi connectivity index (χ2n) is 5.61. The number of carbonyl (C=O) groups is 1. The van der Waals surface area contributed by atoms with Gasteiger partial charge in [0.25, 0.3) is 0 Å². The second-order valence-corrected chi connectivity index (χ2v) is 5.61. The van der Waals surface area contributed by atoms with Gasteiger partial charge in [0.15, 0.2) is 0 Å². The molecule has 1 aromatic rings. The van der Waals surface area contributed by atoms with Crippen molar-refractivity contribution in [2.45, 2.75) is 51.0 Å². The van der Waals surface area contributed by atoms with Crippen LogP contribution in [0.1, 0.15) is 45.4 Å². The van der Waals surface area contributed by atoms with Crippen molar-refractivity contribution in [1.82, 2.24) is 0 Å². The maximum Gasteiger partial charge on any atom is 0.226 e. The lowest BCUT2D eigenvalue weighted by atomic mass is 9.80. The van der Waals surface area contributed by atoms with Gasteiger partial charge in [-0.3, -0.25) is 4.79 Å². The molecule has 1 saturated carbocycles. The van der Waals surface area contributed by atoms with Crippen molar-refractivity contribution in [2.24, 2.45) is 5.73 Å². The van der Waals surface area contributed by atoms with Gasteiger partial charge in [0.2, 0.25) is 5.91 Å². The Morgan fingerprint density at radius 1 is 1.25 bits per heavy atom. The Hall–Kier alpha value is -1.55. The van der Waals surface area contributed by atoms with Crippen molar-refractivity contribution in [3.05, 3.63) is 24.3 Å². The summed E-state index contributed by atoms with van der Waals surface area (Å²) in [5, 5.41) is 2.91. The van der Waals surface area contributed by atoms with Crippen LogP contribution in [0.25, 0.3) is 0 Å². The van der Waals surface area contributed by atoms with Gasteiger partial charge in [0.1, 0.15) is 5.75 Å². The van der Waals surface area contributed by atoms with Crippen LogP contribution in [0.15, 0.2) is 24.3 Å². The molecule has 1 amide bonds. The number of amides is 1. The summed E-state index contributed by atoms with van der Waals surface area (Å²) < 4.78 is 5.37. The number of hydrogen-bond acceptors (Lipinski definition) is 3. The van der Waals surface area contributed by atoms with Crippen LogP contribution < -0.4 is 15.8 Å². The van der Waals surface area contributed by atoms with Crippen LogP contribution in [0.4, 0.5) is 5.69 Å². The molecule has 20 heavy (non-hydrogen) atoms. The average molecular weight is 276 g/mol. The molecule has 2 rings (SSSR count). The molecule has 1 aliphatic carbocycles. The maximum absolute atomic E-state index is 12.1. The topological polar surface area (TPSA) is 64.3 Å². The Morgan fingerprint density at radius 3 is 2.50 bits per heavy atom. The molecule has 0 radical (unpaired) electrons. The van der Waals surface area contributed by atoms with Gasteiger partial charge in [-0.05, 0) is 44.0 Å². The third-order valence-corrected chi connectivity index (χ3v) is 3.81. The van der Waals surface area contributed by atoms with E-state index in [0.29, 0.717) is 13.0 Å². The molecule has 4 nitrogen and oxygen atoms in total. The fourth-order valence-corrected chi connectivity index (χ4v) is 2.76. The van der Waals surface area contributed by atoms with Crippen LogP contribution in [0.3, 0.4) is 0 Å². The summed E-state index contributed by atoms with van der Waals surface area (Å²) in [6.07, 6.45) is 5.80. The molecule has 0 heterocycles. The van der Waals surface area contributed by atoms with Crippen LogP contribution in [-0.4, -0.2) is 18.1 Å². The third-order valence-electron chi connectivity index (χ3n) is 3.81. The van der Waals surface area contributed by atoms with E-state index in [9.17, 15) is 4.79 Å². The van der Waals surface area contributed by atoms with Gasteiger partial charge in [-0.2, -0.15) is 0 Å². The minimum atomic E-state index is -0.312. The third kappa shape index (κ3) is 4.23. The molecule has 0 spiro atoms. The highest BCUT2D eigenvalue weighted by Gasteiger charge is 2.29. The molecule has 0 aliphatic heterocycles. The number of benzene rings is 1. The summed E-state index contributed by atoms with van der Waals surface area (Å²) in [7, 11) is 0. The number of carbonyl (C=O) groups excluding carboxylic acids is 1. The molecule has 0 bridgehead atoms. The van der Waals surface area contributed by atoms with Gasteiger partial charge in [-0.25, -0.2) is 0 Å². The number of rotatable bonds is 5. The zero-order valence-electron chi connectivity index (χ0n) is 12.2. The molecule has 4 heteroatoms. The van der Waals surface area contributed by atoms with E-state index in [1.165, 1.54) is 6.42 Å². The Morgan fingerprint density at radius 2 is 1.90 bits per heavy atom. The van der Waals surface area contributed by atoms with Crippen molar-refractivity contribution in [1.29, 1.82) is 0 Å². The summed E-state index contributed by atoms with van der Waals surface area (Å²) in [6.45, 7) is 2.59. The van der Waals surface area contributed by atoms with Crippen LogP contribution in [-0.2, 0) is 4.79 Å². The predicted octanol–water partition coefficient (Wildman–Crippen LogP) is 3.08. The Bertz CT molecular complexity index is 436. The van der Waals surface area contributed by atoms with E-state index in [-0.39, 0.29) is 11.4 Å². The highest BCUT2D eigenvalue weighted by atomic mass is 16.5. The van der Waals surface area contributed by atoms with E-state index >= 15 is 0 Å². The molecule has 0 aromatic heterocycles. The van der Waals surface area contributed by atoms with Gasteiger partial charge in [0.05, 0.1) is 6.61 Å². The molecule has 0 saturated heterocycles. The van der Waals surface area contributed by atoms with Crippen molar-refractivity contribution >= 4 is 11.6 Å². The largest absolute Gasteiger partial charge is 0.494 e. The summed E-state index contributed by atoms with van der Waals surface area (Å²) in [4.78, 5) is 12.1. The lowest BCUT2D eigenvalue weighted by molar-refractivity contribution is -0.117. The average Bonchev–Trinajstić information content (AvgIpc) is 2.41. The second kappa shape index (κ2) is 6.75. The van der Waals surface area contributed by atoms with Crippen LogP contribution in [0.5, 0.6) is 5.75 Å². The molecule has 1 fully saturated rings. The minimum Gasteiger partial charge on any atom is -0.494 e. The lowest BCUT2D eigenvalue weighted by Gasteiger charge is -2.32. The SMILES string of the molecule is CCOc1ccc(NC(=O)CC2(N)CCCCC2)cc1. The number of anilines is 1. The Balaban J connectivity index is 1.87. The smallest absolute Gasteiger partial charge is 0.226 e. The van der Waals surface area contributed by atoms with Crippen molar-refractivity contribution in [2.75, 3.05) is 11.9 Å². The summed E-state index contributed by atoms with van der Waals surface area (Å²) in [5.74, 6) is 0.812. The maximum atomic E-state index is 12.1. The first kappa shape index (κ1) is 14.9. The standard InChI is InChI=1S/C16H24N2O2/c1-2-20-14-8-6-13(7-9-14)18-15(19)12-16(17)10-4-3-5-11-16/h6-9H,2-5,10-12,17H2,1H3,(H,18,19).